The van der Waals surface area contributed by atoms with Crippen LogP contribution in [0.1, 0.15) is 57.4 Å². The maximum atomic E-state index is 12.7. The fourth-order valence-electron chi connectivity index (χ4n) is 2.32. The smallest absolute Gasteiger partial charge is 0.274 e. The second kappa shape index (κ2) is 6.94. The molecule has 0 bridgehead atoms. The van der Waals surface area contributed by atoms with Gasteiger partial charge in [0.1, 0.15) is 0 Å². The molecule has 1 aromatic heterocycles. The molecule has 0 aliphatic carbocycles. The van der Waals surface area contributed by atoms with Crippen molar-refractivity contribution in [3.63, 3.8) is 0 Å². The lowest BCUT2D eigenvalue weighted by atomic mass is 10.0. The van der Waals surface area contributed by atoms with E-state index in [1.165, 1.54) is 4.68 Å². The van der Waals surface area contributed by atoms with Crippen molar-refractivity contribution >= 4 is 16.7 Å². The first kappa shape index (κ1) is 17.2. The Morgan fingerprint density at radius 2 is 1.87 bits per heavy atom. The molecule has 1 heterocycles. The van der Waals surface area contributed by atoms with E-state index in [9.17, 15) is 9.59 Å². The molecule has 0 aliphatic rings. The van der Waals surface area contributed by atoms with Gasteiger partial charge in [0.15, 0.2) is 5.69 Å². The van der Waals surface area contributed by atoms with Crippen molar-refractivity contribution in [3.05, 3.63) is 40.3 Å². The predicted molar refractivity (Wildman–Crippen MR) is 92.7 cm³/mol. The number of aromatic nitrogens is 2. The monoisotopic (exact) mass is 315 g/mol. The van der Waals surface area contributed by atoms with E-state index in [1.807, 2.05) is 32.9 Å². The van der Waals surface area contributed by atoms with Gasteiger partial charge in [0.25, 0.3) is 11.5 Å². The van der Waals surface area contributed by atoms with Crippen LogP contribution in [0.2, 0.25) is 0 Å². The minimum absolute atomic E-state index is 0.139. The van der Waals surface area contributed by atoms with Crippen molar-refractivity contribution in [2.45, 2.75) is 59.0 Å². The summed E-state index contributed by atoms with van der Waals surface area (Å²) in [5.74, 6) is -0.238. The Hall–Kier alpha value is -2.17. The van der Waals surface area contributed by atoms with Crippen molar-refractivity contribution in [1.82, 2.24) is 15.1 Å². The van der Waals surface area contributed by atoms with Gasteiger partial charge in [-0.15, -0.1) is 0 Å². The Bertz CT molecular complexity index is 762. The van der Waals surface area contributed by atoms with Crippen LogP contribution >= 0.6 is 0 Å². The highest BCUT2D eigenvalue weighted by Gasteiger charge is 2.22. The summed E-state index contributed by atoms with van der Waals surface area (Å²) in [7, 11) is 0. The van der Waals surface area contributed by atoms with Crippen molar-refractivity contribution in [2.75, 3.05) is 0 Å². The Labute approximate surface area is 136 Å². The van der Waals surface area contributed by atoms with Gasteiger partial charge >= 0.3 is 0 Å². The Kier molecular flexibility index (Phi) is 5.19. The highest BCUT2D eigenvalue weighted by molar-refractivity contribution is 6.05. The molecule has 0 unspecified atom stereocenters. The van der Waals surface area contributed by atoms with E-state index in [0.29, 0.717) is 23.0 Å². The van der Waals surface area contributed by atoms with Crippen LogP contribution in [-0.4, -0.2) is 21.2 Å². The van der Waals surface area contributed by atoms with E-state index < -0.39 is 0 Å². The van der Waals surface area contributed by atoms with Gasteiger partial charge in [-0.2, -0.15) is 5.10 Å². The fourth-order valence-corrected chi connectivity index (χ4v) is 2.32. The number of hydrogen-bond acceptors (Lipinski definition) is 3. The summed E-state index contributed by atoms with van der Waals surface area (Å²) < 4.78 is 1.42. The first-order valence-electron chi connectivity index (χ1n) is 8.22. The Morgan fingerprint density at radius 3 is 2.48 bits per heavy atom. The zero-order valence-corrected chi connectivity index (χ0v) is 14.3. The average molecular weight is 315 g/mol. The molecule has 5 heteroatoms. The highest BCUT2D eigenvalue weighted by Crippen LogP contribution is 2.15. The van der Waals surface area contributed by atoms with Crippen molar-refractivity contribution in [2.24, 2.45) is 0 Å². The third-order valence-electron chi connectivity index (χ3n) is 4.14. The van der Waals surface area contributed by atoms with Gasteiger partial charge in [-0.1, -0.05) is 38.5 Å². The van der Waals surface area contributed by atoms with Gasteiger partial charge in [-0.25, -0.2) is 4.68 Å². The second-order valence-electron chi connectivity index (χ2n) is 6.47. The number of benzene rings is 1. The molecule has 0 atom stereocenters. The van der Waals surface area contributed by atoms with Crippen molar-refractivity contribution in [1.29, 1.82) is 0 Å². The molecule has 5 nitrogen and oxygen atoms in total. The molecule has 124 valence electrons. The van der Waals surface area contributed by atoms with Gasteiger partial charge in [0.05, 0.1) is 5.39 Å². The number of nitrogens with one attached hydrogen (secondary N) is 1. The quantitative estimate of drug-likeness (QED) is 0.891. The summed E-state index contributed by atoms with van der Waals surface area (Å²) in [6.45, 7) is 8.55. The summed E-state index contributed by atoms with van der Waals surface area (Å²) in [6, 6.07) is 7.17. The van der Waals surface area contributed by atoms with Gasteiger partial charge in [0.2, 0.25) is 0 Å². The highest BCUT2D eigenvalue weighted by atomic mass is 16.2. The summed E-state index contributed by atoms with van der Waals surface area (Å²) in [4.78, 5) is 25.2. The molecule has 0 fully saturated rings. The van der Waals surface area contributed by atoms with Crippen LogP contribution in [0.3, 0.4) is 0 Å². The molecule has 0 saturated carbocycles. The number of aryl methyl sites for hydroxylation is 1. The minimum atomic E-state index is -0.315. The van der Waals surface area contributed by atoms with Crippen LogP contribution in [0.25, 0.3) is 10.8 Å². The van der Waals surface area contributed by atoms with E-state index in [2.05, 4.69) is 17.3 Å². The van der Waals surface area contributed by atoms with Crippen LogP contribution in [0.4, 0.5) is 0 Å². The molecule has 2 rings (SSSR count). The molecule has 2 aromatic rings. The van der Waals surface area contributed by atoms with Crippen LogP contribution in [0, 0.1) is 0 Å². The van der Waals surface area contributed by atoms with E-state index in [-0.39, 0.29) is 17.0 Å². The van der Waals surface area contributed by atoms with E-state index in [0.717, 1.165) is 19.3 Å². The number of fused-ring (bicyclic) bond motifs is 1. The number of nitrogens with zero attached hydrogens (tertiary/aromatic N) is 2. The van der Waals surface area contributed by atoms with E-state index >= 15 is 0 Å². The first-order valence-corrected chi connectivity index (χ1v) is 8.22. The maximum Gasteiger partial charge on any atom is 0.274 e. The molecule has 0 aliphatic heterocycles. The second-order valence-corrected chi connectivity index (χ2v) is 6.47. The summed E-state index contributed by atoms with van der Waals surface area (Å²) in [5, 5.41) is 8.49. The number of rotatable bonds is 6. The zero-order chi connectivity index (χ0) is 17.0. The maximum absolute atomic E-state index is 12.7. The number of amides is 1. The van der Waals surface area contributed by atoms with Gasteiger partial charge < -0.3 is 5.32 Å². The zero-order valence-electron chi connectivity index (χ0n) is 14.3. The van der Waals surface area contributed by atoms with Crippen LogP contribution in [0.15, 0.2) is 29.1 Å². The lowest BCUT2D eigenvalue weighted by Gasteiger charge is -2.24. The van der Waals surface area contributed by atoms with Crippen LogP contribution in [-0.2, 0) is 6.54 Å². The van der Waals surface area contributed by atoms with Crippen LogP contribution in [0.5, 0.6) is 0 Å². The summed E-state index contributed by atoms with van der Waals surface area (Å²) in [5.41, 5.74) is -0.136. The molecular weight excluding hydrogens is 290 g/mol. The molecular formula is C18H25N3O2. The fraction of sp³-hybridized carbons (Fsp3) is 0.500. The average Bonchev–Trinajstić information content (AvgIpc) is 2.54. The molecule has 1 N–H and O–H groups in total. The Balaban J connectivity index is 2.55. The third-order valence-corrected chi connectivity index (χ3v) is 4.14. The predicted octanol–water partition coefficient (Wildman–Crippen LogP) is 3.12. The van der Waals surface area contributed by atoms with Crippen molar-refractivity contribution in [3.8, 4) is 0 Å². The first-order chi connectivity index (χ1) is 10.9. The number of carbonyl (C=O) groups excluding carboxylic acids is 1. The number of hydrogen-bond donors (Lipinski definition) is 1. The molecule has 23 heavy (non-hydrogen) atoms. The Morgan fingerprint density at radius 1 is 1.22 bits per heavy atom. The van der Waals surface area contributed by atoms with Gasteiger partial charge in [0, 0.05) is 17.5 Å². The van der Waals surface area contributed by atoms with E-state index in [4.69, 9.17) is 0 Å². The van der Waals surface area contributed by atoms with Crippen molar-refractivity contribution < 1.29 is 4.79 Å². The largest absolute Gasteiger partial charge is 0.346 e. The van der Waals surface area contributed by atoms with Crippen LogP contribution < -0.4 is 10.9 Å². The van der Waals surface area contributed by atoms with E-state index in [1.54, 1.807) is 12.1 Å². The minimum Gasteiger partial charge on any atom is -0.346 e. The van der Waals surface area contributed by atoms with Gasteiger partial charge in [-0.05, 0) is 32.8 Å². The molecule has 0 spiro atoms. The normalized spacial score (nSPS) is 11.7. The number of carbonyl (C=O) groups is 1. The molecule has 0 radical (unpaired) electrons. The lowest BCUT2D eigenvalue weighted by molar-refractivity contribution is 0.0905. The summed E-state index contributed by atoms with van der Waals surface area (Å²) in [6.07, 6.45) is 2.63. The third kappa shape index (κ3) is 3.78. The molecule has 0 saturated heterocycles. The van der Waals surface area contributed by atoms with Gasteiger partial charge in [-0.3, -0.25) is 9.59 Å². The molecule has 1 amide bonds. The summed E-state index contributed by atoms with van der Waals surface area (Å²) >= 11 is 0. The topological polar surface area (TPSA) is 64.0 Å². The standard InChI is InChI=1S/C18H25N3O2/c1-5-7-12-21-17(23)14-11-9-8-10-13(14)15(20-21)16(22)19-18(3,4)6-2/h8-11H,5-7,12H2,1-4H3,(H,19,22). The SMILES string of the molecule is CCCCn1nc(C(=O)NC(C)(C)CC)c2ccccc2c1=O. The number of unbranched alkanes of at least 4 members (excludes halogenated alkanes) is 1. The molecule has 1 aromatic carbocycles. The lowest BCUT2D eigenvalue weighted by Crippen LogP contribution is -2.43.